The number of rotatable bonds is 5. The molecule has 2 aliphatic carbocycles. The zero-order valence-corrected chi connectivity index (χ0v) is 24.8. The molecule has 1 saturated carbocycles. The first kappa shape index (κ1) is 31.6. The maximum atomic E-state index is 12.4. The molecule has 40 heavy (non-hydrogen) atoms. The highest BCUT2D eigenvalue weighted by atomic mass is 16.5. The minimum atomic E-state index is -1.64. The van der Waals surface area contributed by atoms with Crippen LogP contribution in [0.4, 0.5) is 0 Å². The summed E-state index contributed by atoms with van der Waals surface area (Å²) in [5, 5.41) is 42.4. The molecule has 1 aliphatic heterocycles. The fourth-order valence-electron chi connectivity index (χ4n) is 6.14. The average Bonchev–Trinajstić information content (AvgIpc) is 3.15. The highest BCUT2D eigenvalue weighted by Crippen LogP contribution is 2.50. The topological polar surface area (TPSA) is 107 Å². The number of cyclic esters (lactones) is 1. The van der Waals surface area contributed by atoms with Crippen LogP contribution in [-0.4, -0.2) is 49.8 Å². The van der Waals surface area contributed by atoms with Crippen molar-refractivity contribution in [2.24, 2.45) is 10.8 Å². The van der Waals surface area contributed by atoms with Crippen molar-refractivity contribution in [1.82, 2.24) is 0 Å². The van der Waals surface area contributed by atoms with Crippen LogP contribution in [0, 0.1) is 22.7 Å². The van der Waals surface area contributed by atoms with Gasteiger partial charge in [0.25, 0.3) is 0 Å². The Bertz CT molecular complexity index is 1260. The van der Waals surface area contributed by atoms with Crippen LogP contribution in [0.15, 0.2) is 82.7 Å². The minimum absolute atomic E-state index is 0.0342. The van der Waals surface area contributed by atoms with E-state index in [-0.39, 0.29) is 23.5 Å². The first-order chi connectivity index (χ1) is 18.5. The third-order valence-electron chi connectivity index (χ3n) is 8.20. The molecule has 1 heterocycles. The van der Waals surface area contributed by atoms with Gasteiger partial charge in [0.2, 0.25) is 0 Å². The molecule has 0 aromatic heterocycles. The molecule has 0 unspecified atom stereocenters. The van der Waals surface area contributed by atoms with E-state index in [1.165, 1.54) is 19.1 Å². The van der Waals surface area contributed by atoms with E-state index < -0.39 is 28.7 Å². The first-order valence-corrected chi connectivity index (χ1v) is 13.9. The van der Waals surface area contributed by atoms with Crippen LogP contribution >= 0.6 is 0 Å². The summed E-state index contributed by atoms with van der Waals surface area (Å²) in [7, 11) is 0. The summed E-state index contributed by atoms with van der Waals surface area (Å²) in [6, 6.07) is 0. The van der Waals surface area contributed by atoms with Crippen molar-refractivity contribution >= 4 is 5.97 Å². The molecule has 216 valence electrons. The summed E-state index contributed by atoms with van der Waals surface area (Å²) in [6.45, 7) is 13.3. The maximum absolute atomic E-state index is 12.4. The Morgan fingerprint density at radius 1 is 1.00 bits per heavy atom. The van der Waals surface area contributed by atoms with Crippen molar-refractivity contribution in [2.45, 2.75) is 97.6 Å². The number of aliphatic hydroxyl groups excluding tert-OH is 2. The van der Waals surface area contributed by atoms with Gasteiger partial charge in [-0.3, -0.25) is 0 Å². The van der Waals surface area contributed by atoms with E-state index in [0.717, 1.165) is 16.7 Å². The third-order valence-corrected chi connectivity index (χ3v) is 8.20. The fraction of sp³-hybridized carbons (Fsp3) is 0.500. The lowest BCUT2D eigenvalue weighted by molar-refractivity contribution is -0.216. The van der Waals surface area contributed by atoms with Gasteiger partial charge in [0.1, 0.15) is 11.4 Å². The van der Waals surface area contributed by atoms with Gasteiger partial charge in [-0.2, -0.15) is 0 Å². The lowest BCUT2D eigenvalue weighted by atomic mass is 9.57. The van der Waals surface area contributed by atoms with Crippen molar-refractivity contribution in [1.29, 1.82) is 0 Å². The number of ether oxygens (including phenoxy) is 1. The monoisotopic (exact) mass is 548 g/mol. The molecular weight excluding hydrogens is 504 g/mol. The van der Waals surface area contributed by atoms with Crippen molar-refractivity contribution in [3.8, 4) is 11.8 Å². The zero-order valence-electron chi connectivity index (χ0n) is 24.8. The molecule has 0 saturated heterocycles. The molecule has 4 N–H and O–H groups in total. The van der Waals surface area contributed by atoms with Crippen LogP contribution in [0.3, 0.4) is 0 Å². The molecule has 3 aliphatic rings. The Kier molecular flexibility index (Phi) is 9.38. The Balaban J connectivity index is 1.64. The van der Waals surface area contributed by atoms with Gasteiger partial charge in [-0.25, -0.2) is 4.79 Å². The van der Waals surface area contributed by atoms with E-state index in [9.17, 15) is 25.2 Å². The van der Waals surface area contributed by atoms with Crippen LogP contribution in [0.2, 0.25) is 0 Å². The van der Waals surface area contributed by atoms with Crippen molar-refractivity contribution < 1.29 is 30.0 Å². The standard InChI is InChI=1S/C34H44O6/c1-23(14-15-29-24(2)18-26(35)20-31(29,3)4)12-10-8-9-11-13-28-19-25(30(37)40-28)16-17-34(39)32(5,6)21-27(36)22-33(34,7)38/h8-13,16-17,19,26-27,35-36,38-39H,18,20-22H2,1-7H3/b10-8+,11-9+,17-16+,23-12+,28-13-/t26-,27+,33+,34-/m1/s1. The summed E-state index contributed by atoms with van der Waals surface area (Å²) >= 11 is 0. The van der Waals surface area contributed by atoms with Gasteiger partial charge in [0.05, 0.1) is 23.4 Å². The Morgan fingerprint density at radius 3 is 2.33 bits per heavy atom. The lowest BCUT2D eigenvalue weighted by Crippen LogP contribution is -2.65. The van der Waals surface area contributed by atoms with E-state index >= 15 is 0 Å². The number of carbonyl (C=O) groups excluding carboxylic acids is 1. The van der Waals surface area contributed by atoms with Gasteiger partial charge in [-0.15, -0.1) is 0 Å². The lowest BCUT2D eigenvalue weighted by Gasteiger charge is -2.54. The molecule has 0 bridgehead atoms. The molecule has 0 amide bonds. The van der Waals surface area contributed by atoms with Gasteiger partial charge in [-0.05, 0) is 69.9 Å². The van der Waals surface area contributed by atoms with Crippen LogP contribution < -0.4 is 0 Å². The second kappa shape index (κ2) is 11.9. The highest BCUT2D eigenvalue weighted by molar-refractivity contribution is 5.95. The van der Waals surface area contributed by atoms with Gasteiger partial charge >= 0.3 is 5.97 Å². The van der Waals surface area contributed by atoms with E-state index in [1.807, 2.05) is 38.2 Å². The summed E-state index contributed by atoms with van der Waals surface area (Å²) in [5.41, 5.74) is -0.711. The molecule has 0 spiro atoms. The van der Waals surface area contributed by atoms with Crippen LogP contribution in [0.5, 0.6) is 0 Å². The minimum Gasteiger partial charge on any atom is -0.423 e. The molecule has 0 radical (unpaired) electrons. The number of allylic oxidation sites excluding steroid dienone is 9. The number of esters is 1. The first-order valence-electron chi connectivity index (χ1n) is 13.9. The van der Waals surface area contributed by atoms with Gasteiger partial charge in [0, 0.05) is 22.8 Å². The quantitative estimate of drug-likeness (QED) is 0.216. The molecule has 6 nitrogen and oxygen atoms in total. The molecule has 4 atom stereocenters. The molecule has 0 aromatic carbocycles. The third kappa shape index (κ3) is 7.03. The van der Waals surface area contributed by atoms with E-state index in [2.05, 4.69) is 25.7 Å². The number of carbonyl (C=O) groups is 1. The Hall–Kier alpha value is -2.95. The van der Waals surface area contributed by atoms with Crippen molar-refractivity contribution in [3.05, 3.63) is 82.7 Å². The molecule has 3 rings (SSSR count). The SMILES string of the molecule is CC1=C(C#C/C(C)=C/C=C/C=C/C=C2C=C(/C=C/[C@@]3(O)C(C)(C)C[C@H](O)C[C@]3(C)O)C(=O)O/2)C(C)(C)C[C@H](O)C1. The summed E-state index contributed by atoms with van der Waals surface area (Å²) in [5.74, 6) is 6.36. The predicted molar refractivity (Wildman–Crippen MR) is 158 cm³/mol. The van der Waals surface area contributed by atoms with Crippen molar-refractivity contribution in [2.75, 3.05) is 0 Å². The number of hydrogen-bond acceptors (Lipinski definition) is 6. The fourth-order valence-corrected chi connectivity index (χ4v) is 6.14. The van der Waals surface area contributed by atoms with E-state index in [1.54, 1.807) is 32.1 Å². The Labute approximate surface area is 238 Å². The van der Waals surface area contributed by atoms with E-state index in [4.69, 9.17) is 4.74 Å². The smallest absolute Gasteiger partial charge is 0.343 e. The Morgan fingerprint density at radius 2 is 1.68 bits per heavy atom. The summed E-state index contributed by atoms with van der Waals surface area (Å²) in [6.07, 6.45) is 16.1. The normalized spacial score (nSPS) is 33.6. The molecule has 0 aromatic rings. The van der Waals surface area contributed by atoms with Crippen molar-refractivity contribution in [3.63, 3.8) is 0 Å². The van der Waals surface area contributed by atoms with Gasteiger partial charge < -0.3 is 25.2 Å². The second-order valence-corrected chi connectivity index (χ2v) is 12.8. The van der Waals surface area contributed by atoms with Gasteiger partial charge in [-0.1, -0.05) is 75.5 Å². The van der Waals surface area contributed by atoms with Crippen LogP contribution in [-0.2, 0) is 9.53 Å². The molecular formula is C34H44O6. The summed E-state index contributed by atoms with van der Waals surface area (Å²) < 4.78 is 5.30. The van der Waals surface area contributed by atoms with Crippen LogP contribution in [0.1, 0.15) is 74.1 Å². The highest BCUT2D eigenvalue weighted by Gasteiger charge is 2.58. The number of hydrogen-bond donors (Lipinski definition) is 4. The van der Waals surface area contributed by atoms with Gasteiger partial charge in [0.15, 0.2) is 0 Å². The predicted octanol–water partition coefficient (Wildman–Crippen LogP) is 5.13. The van der Waals surface area contributed by atoms with E-state index in [0.29, 0.717) is 25.0 Å². The second-order valence-electron chi connectivity index (χ2n) is 12.8. The largest absolute Gasteiger partial charge is 0.423 e. The summed E-state index contributed by atoms with van der Waals surface area (Å²) in [4.78, 5) is 12.4. The average molecular weight is 549 g/mol. The number of aliphatic hydroxyl groups is 4. The maximum Gasteiger partial charge on any atom is 0.343 e. The molecule has 1 fully saturated rings. The van der Waals surface area contributed by atoms with Crippen LogP contribution in [0.25, 0.3) is 0 Å². The zero-order chi connectivity index (χ0) is 29.9. The molecule has 6 heteroatoms.